The quantitative estimate of drug-likeness (QED) is 0.135. The fourth-order valence-corrected chi connectivity index (χ4v) is 4.36. The molecule has 0 bridgehead atoms. The molecule has 0 saturated carbocycles. The van der Waals surface area contributed by atoms with E-state index in [1.165, 1.54) is 82.0 Å². The first kappa shape index (κ1) is 34.0. The van der Waals surface area contributed by atoms with Crippen molar-refractivity contribution in [1.29, 1.82) is 0 Å². The Labute approximate surface area is 270 Å². The molecular weight excluding hydrogens is 612 g/mol. The van der Waals surface area contributed by atoms with Crippen molar-refractivity contribution in [1.82, 2.24) is 0 Å². The van der Waals surface area contributed by atoms with Crippen molar-refractivity contribution in [3.8, 4) is 40.2 Å². The van der Waals surface area contributed by atoms with Crippen LogP contribution in [0.15, 0.2) is 84.9 Å². The Morgan fingerprint density at radius 3 is 1.74 bits per heavy atom. The number of hydrogen-bond donors (Lipinski definition) is 4. The molecule has 47 heavy (non-hydrogen) atoms. The van der Waals surface area contributed by atoms with E-state index in [4.69, 9.17) is 28.4 Å². The molecule has 0 heterocycles. The number of aliphatic hydroxyl groups excluding tert-OH is 1. The summed E-state index contributed by atoms with van der Waals surface area (Å²) in [5.74, 6) is -0.916. The summed E-state index contributed by atoms with van der Waals surface area (Å²) in [5, 5.41) is 40.7. The van der Waals surface area contributed by atoms with E-state index in [1.54, 1.807) is 30.4 Å². The summed E-state index contributed by atoms with van der Waals surface area (Å²) in [6.07, 6.45) is 0.731. The largest absolute Gasteiger partial charge is 0.508 e. The van der Waals surface area contributed by atoms with Gasteiger partial charge >= 0.3 is 11.9 Å². The Morgan fingerprint density at radius 2 is 1.21 bits per heavy atom. The van der Waals surface area contributed by atoms with E-state index >= 15 is 0 Å². The number of ether oxygens (including phenoxy) is 6. The van der Waals surface area contributed by atoms with E-state index in [1.807, 2.05) is 0 Å². The second-order valence-corrected chi connectivity index (χ2v) is 9.98. The van der Waals surface area contributed by atoms with Crippen LogP contribution >= 0.6 is 0 Å². The molecule has 4 rings (SSSR count). The van der Waals surface area contributed by atoms with E-state index < -0.39 is 30.8 Å². The molecule has 12 nitrogen and oxygen atoms in total. The summed E-state index contributed by atoms with van der Waals surface area (Å²) < 4.78 is 32.8. The van der Waals surface area contributed by atoms with Gasteiger partial charge in [-0.05, 0) is 90.0 Å². The van der Waals surface area contributed by atoms with Gasteiger partial charge < -0.3 is 48.8 Å². The fourth-order valence-electron chi connectivity index (χ4n) is 4.36. The highest BCUT2D eigenvalue weighted by Gasteiger charge is 2.28. The molecule has 0 amide bonds. The zero-order chi connectivity index (χ0) is 33.9. The molecule has 2 atom stereocenters. The molecule has 4 aromatic rings. The normalized spacial score (nSPS) is 12.2. The highest BCUT2D eigenvalue weighted by Crippen LogP contribution is 2.40. The minimum atomic E-state index is -1.42. The number of aromatic hydroxyl groups is 3. The van der Waals surface area contributed by atoms with Crippen molar-refractivity contribution < 1.29 is 58.4 Å². The van der Waals surface area contributed by atoms with Crippen LogP contribution in [0.5, 0.6) is 40.2 Å². The lowest BCUT2D eigenvalue weighted by Gasteiger charge is -2.26. The van der Waals surface area contributed by atoms with Crippen molar-refractivity contribution in [2.75, 3.05) is 34.5 Å². The Morgan fingerprint density at radius 1 is 0.681 bits per heavy atom. The van der Waals surface area contributed by atoms with E-state index in [0.717, 1.165) is 0 Å². The highest BCUT2D eigenvalue weighted by atomic mass is 16.6. The van der Waals surface area contributed by atoms with Gasteiger partial charge in [0.15, 0.2) is 29.1 Å². The lowest BCUT2D eigenvalue weighted by Crippen LogP contribution is -2.32. The summed E-state index contributed by atoms with van der Waals surface area (Å²) in [4.78, 5) is 24.9. The number of phenolic OH excluding ortho intramolecular Hbond substituents is 3. The van der Waals surface area contributed by atoms with Crippen molar-refractivity contribution in [3.05, 3.63) is 107 Å². The number of carbonyl (C=O) groups is 2. The molecule has 0 aliphatic rings. The van der Waals surface area contributed by atoms with Crippen LogP contribution < -0.4 is 18.9 Å². The van der Waals surface area contributed by atoms with Crippen LogP contribution in [0.1, 0.15) is 37.9 Å². The van der Waals surface area contributed by atoms with E-state index in [0.29, 0.717) is 11.1 Å². The number of methoxy groups -OCH3 is 3. The smallest absolute Gasteiger partial charge is 0.338 e. The number of phenols is 3. The molecule has 4 N–H and O–H groups in total. The van der Waals surface area contributed by atoms with Crippen LogP contribution in [0.3, 0.4) is 0 Å². The van der Waals surface area contributed by atoms with Crippen molar-refractivity contribution in [2.24, 2.45) is 0 Å². The van der Waals surface area contributed by atoms with Gasteiger partial charge in [-0.25, -0.2) is 9.59 Å². The zero-order valence-electron chi connectivity index (χ0n) is 25.8. The number of hydrogen-bond acceptors (Lipinski definition) is 12. The number of benzene rings is 4. The number of esters is 2. The molecule has 0 saturated heterocycles. The second-order valence-electron chi connectivity index (χ2n) is 9.98. The number of rotatable bonds is 14. The minimum Gasteiger partial charge on any atom is -0.508 e. The van der Waals surface area contributed by atoms with Gasteiger partial charge in [-0.1, -0.05) is 12.1 Å². The van der Waals surface area contributed by atoms with Gasteiger partial charge in [0, 0.05) is 0 Å². The minimum absolute atomic E-state index is 0.0134. The highest BCUT2D eigenvalue weighted by molar-refractivity contribution is 5.90. The Bertz CT molecular complexity index is 1670. The van der Waals surface area contributed by atoms with Crippen LogP contribution in [0.25, 0.3) is 6.08 Å². The van der Waals surface area contributed by atoms with Crippen molar-refractivity contribution in [2.45, 2.75) is 12.2 Å². The Balaban J connectivity index is 1.53. The van der Waals surface area contributed by atoms with Gasteiger partial charge in [0.05, 0.1) is 32.5 Å². The average molecular weight is 647 g/mol. The van der Waals surface area contributed by atoms with Gasteiger partial charge in [0.25, 0.3) is 0 Å². The van der Waals surface area contributed by atoms with Crippen LogP contribution in [0.4, 0.5) is 0 Å². The summed E-state index contributed by atoms with van der Waals surface area (Å²) in [7, 11) is 4.12. The topological polar surface area (TPSA) is 170 Å². The van der Waals surface area contributed by atoms with Crippen LogP contribution in [0.2, 0.25) is 0 Å². The van der Waals surface area contributed by atoms with Crippen LogP contribution in [-0.4, -0.2) is 73.0 Å². The van der Waals surface area contributed by atoms with E-state index in [-0.39, 0.29) is 58.0 Å². The predicted molar refractivity (Wildman–Crippen MR) is 169 cm³/mol. The summed E-state index contributed by atoms with van der Waals surface area (Å²) in [6, 6.07) is 18.9. The first-order valence-corrected chi connectivity index (χ1v) is 14.2. The fraction of sp³-hybridized carbons (Fsp3) is 0.200. The molecule has 246 valence electrons. The maximum absolute atomic E-state index is 12.8. The summed E-state index contributed by atoms with van der Waals surface area (Å²) >= 11 is 0. The average Bonchev–Trinajstić information content (AvgIpc) is 3.09. The lowest BCUT2D eigenvalue weighted by atomic mass is 10.0. The zero-order valence-corrected chi connectivity index (χ0v) is 25.8. The first-order chi connectivity index (χ1) is 22.6. The first-order valence-electron chi connectivity index (χ1n) is 14.2. The van der Waals surface area contributed by atoms with Gasteiger partial charge in [-0.3, -0.25) is 0 Å². The molecule has 0 aliphatic heterocycles. The van der Waals surface area contributed by atoms with Gasteiger partial charge in [0.2, 0.25) is 5.75 Å². The maximum atomic E-state index is 12.8. The van der Waals surface area contributed by atoms with E-state index in [9.17, 15) is 30.0 Å². The molecule has 0 unspecified atom stereocenters. The number of aliphatic hydroxyl groups is 1. The molecular formula is C35H34O12. The molecule has 12 heteroatoms. The molecule has 0 spiro atoms. The van der Waals surface area contributed by atoms with Gasteiger partial charge in [-0.15, -0.1) is 0 Å². The summed E-state index contributed by atoms with van der Waals surface area (Å²) in [6.45, 7) is -0.427. The van der Waals surface area contributed by atoms with Crippen LogP contribution in [-0.2, 0) is 9.47 Å². The third kappa shape index (κ3) is 8.86. The molecule has 0 radical (unpaired) electrons. The number of carbonyl (C=O) groups excluding carboxylic acids is 2. The van der Waals surface area contributed by atoms with E-state index in [2.05, 4.69) is 0 Å². The summed E-state index contributed by atoms with van der Waals surface area (Å²) in [5.41, 5.74) is 1.39. The monoisotopic (exact) mass is 646 g/mol. The Hall–Kier alpha value is -5.88. The standard InChI is InChI=1S/C35H34O12/c1-42-28-17-21(5-4-16-45-34(40)22-7-11-25(36)12-8-22)6-15-27(28)47-31(20-46-35(41)23-9-13-26(37)14-10-23)32(38)24-18-29(43-2)33(39)30(19-24)44-3/h4-15,17-19,31-32,36-39H,16,20H2,1-3H3/t31-,32+/m0/s1. The molecule has 0 fully saturated rings. The third-order valence-electron chi connectivity index (χ3n) is 6.87. The maximum Gasteiger partial charge on any atom is 0.338 e. The SMILES string of the molecule is COc1cc(C=CCOC(=O)c2ccc(O)cc2)ccc1O[C@@H](COC(=O)c1ccc(O)cc1)[C@H](O)c1cc(OC)c(O)c(OC)c1. The molecule has 4 aromatic carbocycles. The van der Waals surface area contributed by atoms with Crippen molar-refractivity contribution >= 4 is 18.0 Å². The Kier molecular flexibility index (Phi) is 11.5. The van der Waals surface area contributed by atoms with Gasteiger partial charge in [-0.2, -0.15) is 0 Å². The van der Waals surface area contributed by atoms with Crippen molar-refractivity contribution in [3.63, 3.8) is 0 Å². The lowest BCUT2D eigenvalue weighted by molar-refractivity contribution is -0.0167. The van der Waals surface area contributed by atoms with Gasteiger partial charge in [0.1, 0.15) is 30.8 Å². The second kappa shape index (κ2) is 15.9. The molecule has 0 aromatic heterocycles. The molecule has 0 aliphatic carbocycles. The third-order valence-corrected chi connectivity index (χ3v) is 6.87. The van der Waals surface area contributed by atoms with Crippen LogP contribution in [0, 0.1) is 0 Å². The predicted octanol–water partition coefficient (Wildman–Crippen LogP) is 5.04.